The molecule has 0 bridgehead atoms. The van der Waals surface area contributed by atoms with Crippen molar-refractivity contribution in [3.8, 4) is 0 Å². The topological polar surface area (TPSA) is 50.7 Å². The fourth-order valence-corrected chi connectivity index (χ4v) is 2.47. The first-order valence-corrected chi connectivity index (χ1v) is 7.15. The zero-order valence-corrected chi connectivity index (χ0v) is 13.3. The number of hydrogen-bond acceptors (Lipinski definition) is 4. The van der Waals surface area contributed by atoms with Crippen LogP contribution in [0.3, 0.4) is 0 Å². The van der Waals surface area contributed by atoms with E-state index in [1.807, 2.05) is 18.2 Å². The van der Waals surface area contributed by atoms with E-state index in [1.165, 1.54) is 0 Å². The first kappa shape index (κ1) is 15.9. The highest BCUT2D eigenvalue weighted by Gasteiger charge is 2.06. The number of benzene rings is 1. The number of methoxy groups -OCH3 is 1. The van der Waals surface area contributed by atoms with E-state index in [1.54, 1.807) is 7.11 Å². The summed E-state index contributed by atoms with van der Waals surface area (Å²) in [5.41, 5.74) is 0.939. The molecule has 0 radical (unpaired) electrons. The van der Waals surface area contributed by atoms with Gasteiger partial charge < -0.3 is 19.9 Å². The minimum absolute atomic E-state index is 0.296. The predicted molar refractivity (Wildman–Crippen MR) is 79.0 cm³/mol. The highest BCUT2D eigenvalue weighted by Crippen LogP contribution is 2.25. The molecule has 1 aromatic carbocycles. The lowest BCUT2D eigenvalue weighted by molar-refractivity contribution is 0.0182. The Labute approximate surface area is 124 Å². The van der Waals surface area contributed by atoms with Crippen LogP contribution in [0.5, 0.6) is 0 Å². The summed E-state index contributed by atoms with van der Waals surface area (Å²) >= 11 is 6.83. The third kappa shape index (κ3) is 6.15. The van der Waals surface area contributed by atoms with Crippen molar-refractivity contribution in [3.63, 3.8) is 0 Å². The number of ether oxygens (including phenoxy) is 2. The summed E-state index contributed by atoms with van der Waals surface area (Å²) in [6.45, 7) is 1.77. The van der Waals surface area contributed by atoms with Gasteiger partial charge in [0.2, 0.25) is 0 Å². The van der Waals surface area contributed by atoms with Crippen LogP contribution in [0.25, 0.3) is 0 Å². The monoisotopic (exact) mass is 381 g/mol. The minimum atomic E-state index is -0.544. The van der Waals surface area contributed by atoms with Gasteiger partial charge in [-0.1, -0.05) is 15.9 Å². The van der Waals surface area contributed by atoms with Gasteiger partial charge in [0.05, 0.1) is 25.9 Å². The molecule has 2 N–H and O–H groups in total. The van der Waals surface area contributed by atoms with Crippen LogP contribution in [0.1, 0.15) is 0 Å². The fourth-order valence-electron chi connectivity index (χ4n) is 1.28. The highest BCUT2D eigenvalue weighted by atomic mass is 79.9. The molecular weight excluding hydrogens is 366 g/mol. The summed E-state index contributed by atoms with van der Waals surface area (Å²) in [5.74, 6) is 0. The molecule has 0 aromatic heterocycles. The second-order valence-corrected chi connectivity index (χ2v) is 5.50. The van der Waals surface area contributed by atoms with E-state index < -0.39 is 6.10 Å². The Bertz CT molecular complexity index is 363. The Morgan fingerprint density at radius 2 is 2.11 bits per heavy atom. The van der Waals surface area contributed by atoms with Crippen LogP contribution in [0.15, 0.2) is 27.1 Å². The van der Waals surface area contributed by atoms with Gasteiger partial charge in [-0.3, -0.25) is 0 Å². The maximum absolute atomic E-state index is 9.70. The molecule has 0 heterocycles. The lowest BCUT2D eigenvalue weighted by atomic mass is 10.3. The summed E-state index contributed by atoms with van der Waals surface area (Å²) in [6.07, 6.45) is -0.544. The van der Waals surface area contributed by atoms with Crippen LogP contribution in [0, 0.1) is 0 Å². The van der Waals surface area contributed by atoms with Crippen molar-refractivity contribution in [3.05, 3.63) is 27.1 Å². The number of halogens is 2. The molecule has 0 saturated carbocycles. The Balaban J connectivity index is 2.27. The van der Waals surface area contributed by atoms with E-state index in [0.717, 1.165) is 14.6 Å². The molecule has 102 valence electrons. The summed E-state index contributed by atoms with van der Waals surface area (Å²) in [7, 11) is 1.62. The van der Waals surface area contributed by atoms with Crippen LogP contribution >= 0.6 is 31.9 Å². The molecule has 1 unspecified atom stereocenters. The number of nitrogens with one attached hydrogen (secondary N) is 1. The summed E-state index contributed by atoms with van der Waals surface area (Å²) in [5, 5.41) is 12.9. The molecule has 4 nitrogen and oxygen atoms in total. The zero-order valence-electron chi connectivity index (χ0n) is 10.2. The third-order valence-corrected chi connectivity index (χ3v) is 3.35. The molecule has 1 aromatic rings. The minimum Gasteiger partial charge on any atom is -0.389 e. The molecule has 0 aliphatic heterocycles. The van der Waals surface area contributed by atoms with Crippen LogP contribution in [-0.2, 0) is 9.47 Å². The standard InChI is InChI=1S/C12H17Br2NO3/c1-17-4-5-18-8-10(16)7-15-12-3-2-9(13)6-11(12)14/h2-3,6,10,15-16H,4-5,7-8H2,1H3. The van der Waals surface area contributed by atoms with Gasteiger partial charge in [0.25, 0.3) is 0 Å². The summed E-state index contributed by atoms with van der Waals surface area (Å²) < 4.78 is 12.0. The van der Waals surface area contributed by atoms with Crippen molar-refractivity contribution in [1.82, 2.24) is 0 Å². The molecule has 0 fully saturated rings. The van der Waals surface area contributed by atoms with E-state index in [9.17, 15) is 5.11 Å². The van der Waals surface area contributed by atoms with Gasteiger partial charge in [0, 0.05) is 28.3 Å². The average molecular weight is 383 g/mol. The summed E-state index contributed by atoms with van der Waals surface area (Å²) in [4.78, 5) is 0. The first-order valence-electron chi connectivity index (χ1n) is 5.57. The SMILES string of the molecule is COCCOCC(O)CNc1ccc(Br)cc1Br. The Hall–Kier alpha value is -0.140. The van der Waals surface area contributed by atoms with Gasteiger partial charge in [-0.15, -0.1) is 0 Å². The van der Waals surface area contributed by atoms with Crippen LogP contribution < -0.4 is 5.32 Å². The molecule has 1 atom stereocenters. The van der Waals surface area contributed by atoms with Gasteiger partial charge in [0.15, 0.2) is 0 Å². The largest absolute Gasteiger partial charge is 0.389 e. The molecule has 0 saturated heterocycles. The molecule has 0 amide bonds. The van der Waals surface area contributed by atoms with Crippen molar-refractivity contribution in [2.24, 2.45) is 0 Å². The first-order chi connectivity index (χ1) is 8.63. The van der Waals surface area contributed by atoms with E-state index in [2.05, 4.69) is 37.2 Å². The van der Waals surface area contributed by atoms with E-state index >= 15 is 0 Å². The van der Waals surface area contributed by atoms with Crippen molar-refractivity contribution in [2.75, 3.05) is 38.8 Å². The second kappa shape index (κ2) is 8.87. The van der Waals surface area contributed by atoms with Gasteiger partial charge >= 0.3 is 0 Å². The quantitative estimate of drug-likeness (QED) is 0.678. The third-order valence-electron chi connectivity index (χ3n) is 2.20. The zero-order chi connectivity index (χ0) is 13.4. The molecule has 1 rings (SSSR count). The van der Waals surface area contributed by atoms with Crippen LogP contribution in [0.2, 0.25) is 0 Å². The smallest absolute Gasteiger partial charge is 0.0945 e. The molecular formula is C12H17Br2NO3. The molecule has 18 heavy (non-hydrogen) atoms. The molecule has 6 heteroatoms. The maximum atomic E-state index is 9.70. The number of hydrogen-bond donors (Lipinski definition) is 2. The summed E-state index contributed by atoms with van der Waals surface area (Å²) in [6, 6.07) is 5.82. The predicted octanol–water partition coefficient (Wildman–Crippen LogP) is 2.65. The van der Waals surface area contributed by atoms with E-state index in [-0.39, 0.29) is 0 Å². The number of aliphatic hydroxyl groups is 1. The highest BCUT2D eigenvalue weighted by molar-refractivity contribution is 9.11. The van der Waals surface area contributed by atoms with Gasteiger partial charge in [-0.2, -0.15) is 0 Å². The van der Waals surface area contributed by atoms with Crippen LogP contribution in [-0.4, -0.2) is 44.7 Å². The van der Waals surface area contributed by atoms with Crippen molar-refractivity contribution in [1.29, 1.82) is 0 Å². The van der Waals surface area contributed by atoms with Crippen molar-refractivity contribution in [2.45, 2.75) is 6.10 Å². The lowest BCUT2D eigenvalue weighted by Crippen LogP contribution is -2.25. The van der Waals surface area contributed by atoms with Gasteiger partial charge in [-0.25, -0.2) is 0 Å². The van der Waals surface area contributed by atoms with Crippen molar-refractivity contribution < 1.29 is 14.6 Å². The van der Waals surface area contributed by atoms with Gasteiger partial charge in [-0.05, 0) is 34.1 Å². The Morgan fingerprint density at radius 3 is 2.78 bits per heavy atom. The molecule has 0 aliphatic carbocycles. The lowest BCUT2D eigenvalue weighted by Gasteiger charge is -2.14. The Morgan fingerprint density at radius 1 is 1.33 bits per heavy atom. The van der Waals surface area contributed by atoms with E-state index in [0.29, 0.717) is 26.4 Å². The molecule has 0 spiro atoms. The second-order valence-electron chi connectivity index (χ2n) is 3.73. The number of aliphatic hydroxyl groups excluding tert-OH is 1. The average Bonchev–Trinajstić information content (AvgIpc) is 2.33. The maximum Gasteiger partial charge on any atom is 0.0945 e. The van der Waals surface area contributed by atoms with E-state index in [4.69, 9.17) is 9.47 Å². The normalized spacial score (nSPS) is 12.4. The van der Waals surface area contributed by atoms with Gasteiger partial charge in [0.1, 0.15) is 0 Å². The number of anilines is 1. The Kier molecular flexibility index (Phi) is 7.85. The number of rotatable bonds is 8. The fraction of sp³-hybridized carbons (Fsp3) is 0.500. The van der Waals surface area contributed by atoms with Crippen LogP contribution in [0.4, 0.5) is 5.69 Å². The molecule has 0 aliphatic rings. The van der Waals surface area contributed by atoms with Crippen molar-refractivity contribution >= 4 is 37.5 Å².